The van der Waals surface area contributed by atoms with Crippen LogP contribution in [-0.4, -0.2) is 16.0 Å². The lowest BCUT2D eigenvalue weighted by atomic mass is 9.62. The van der Waals surface area contributed by atoms with Crippen LogP contribution in [0.25, 0.3) is 0 Å². The summed E-state index contributed by atoms with van der Waals surface area (Å²) in [5.74, 6) is -1.11. The molecule has 2 N–H and O–H groups in total. The Balaban J connectivity index is 4.89. The average Bonchev–Trinajstić information content (AvgIpc) is 2.42. The van der Waals surface area contributed by atoms with Gasteiger partial charge in [0.2, 0.25) is 0 Å². The number of hydrogen-bond acceptors (Lipinski definition) is 2. The van der Waals surface area contributed by atoms with E-state index in [-0.39, 0.29) is 5.41 Å². The van der Waals surface area contributed by atoms with Gasteiger partial charge in [-0.25, -0.2) is 0 Å². The smallest absolute Gasteiger partial charge is 0.168 e. The molecule has 0 aromatic heterocycles. The lowest BCUT2D eigenvalue weighted by Gasteiger charge is -2.48. The van der Waals surface area contributed by atoms with Gasteiger partial charge in [0.1, 0.15) is 0 Å². The Bertz CT molecular complexity index is 219. The van der Waals surface area contributed by atoms with E-state index in [2.05, 4.69) is 27.7 Å². The second-order valence-corrected chi connectivity index (χ2v) is 5.99. The molecule has 1 atom stereocenters. The van der Waals surface area contributed by atoms with Gasteiger partial charge in [-0.3, -0.25) is 0 Å². The molecule has 0 aromatic carbocycles. The molecule has 0 radical (unpaired) electrons. The molecule has 0 bridgehead atoms. The second kappa shape index (κ2) is 8.97. The molecule has 116 valence electrons. The van der Waals surface area contributed by atoms with Crippen molar-refractivity contribution in [1.29, 1.82) is 0 Å². The zero-order valence-electron chi connectivity index (χ0n) is 13.8. The molecule has 0 saturated carbocycles. The fourth-order valence-corrected chi connectivity index (χ4v) is 3.76. The monoisotopic (exact) mass is 272 g/mol. The molecule has 19 heavy (non-hydrogen) atoms. The molecule has 0 aliphatic heterocycles. The van der Waals surface area contributed by atoms with Gasteiger partial charge < -0.3 is 10.2 Å². The van der Waals surface area contributed by atoms with E-state index in [9.17, 15) is 10.2 Å². The van der Waals surface area contributed by atoms with Gasteiger partial charge in [0.05, 0.1) is 0 Å². The van der Waals surface area contributed by atoms with Crippen molar-refractivity contribution in [2.45, 2.75) is 98.2 Å². The van der Waals surface area contributed by atoms with Gasteiger partial charge in [-0.1, -0.05) is 66.7 Å². The maximum atomic E-state index is 10.5. The van der Waals surface area contributed by atoms with Gasteiger partial charge in [-0.2, -0.15) is 0 Å². The van der Waals surface area contributed by atoms with E-state index in [1.807, 2.05) is 6.92 Å². The summed E-state index contributed by atoms with van der Waals surface area (Å²) in [5.41, 5.74) is -0.345. The quantitative estimate of drug-likeness (QED) is 0.416. The third-order valence-electron chi connectivity index (χ3n) is 5.23. The Hall–Kier alpha value is -0.0800. The van der Waals surface area contributed by atoms with Crippen molar-refractivity contribution >= 4 is 0 Å². The Morgan fingerprint density at radius 1 is 0.789 bits per heavy atom. The number of unbranched alkanes of at least 4 members (excludes halogenated alkanes) is 3. The van der Waals surface area contributed by atoms with Crippen molar-refractivity contribution in [3.05, 3.63) is 0 Å². The van der Waals surface area contributed by atoms with Crippen molar-refractivity contribution < 1.29 is 10.2 Å². The standard InChI is InChI=1S/C17H36O2/c1-6-11-12-13-14-15(7-2)16(8-3,9-4)17(18,19)10-5/h15,18-19H,6-14H2,1-5H3. The summed E-state index contributed by atoms with van der Waals surface area (Å²) in [6.45, 7) is 10.5. The number of aliphatic hydroxyl groups is 2. The lowest BCUT2D eigenvalue weighted by Crippen LogP contribution is -2.51. The minimum absolute atomic E-state index is 0.345. The largest absolute Gasteiger partial charge is 0.365 e. The van der Waals surface area contributed by atoms with Crippen LogP contribution in [0.5, 0.6) is 0 Å². The molecule has 0 fully saturated rings. The average molecular weight is 272 g/mol. The van der Waals surface area contributed by atoms with Crippen LogP contribution in [-0.2, 0) is 0 Å². The third-order valence-corrected chi connectivity index (χ3v) is 5.23. The predicted molar refractivity (Wildman–Crippen MR) is 83.0 cm³/mol. The Morgan fingerprint density at radius 3 is 1.74 bits per heavy atom. The van der Waals surface area contributed by atoms with E-state index in [1.165, 1.54) is 25.7 Å². The summed E-state index contributed by atoms with van der Waals surface area (Å²) >= 11 is 0. The molecule has 0 heterocycles. The Labute approximate surface area is 120 Å². The van der Waals surface area contributed by atoms with Crippen LogP contribution in [0.15, 0.2) is 0 Å². The van der Waals surface area contributed by atoms with Crippen molar-refractivity contribution in [1.82, 2.24) is 0 Å². The van der Waals surface area contributed by atoms with E-state index in [4.69, 9.17) is 0 Å². The number of rotatable bonds is 11. The molecule has 0 aromatic rings. The van der Waals surface area contributed by atoms with Gasteiger partial charge in [-0.05, 0) is 31.6 Å². The minimum Gasteiger partial charge on any atom is -0.365 e. The molecule has 0 amide bonds. The molecule has 2 nitrogen and oxygen atoms in total. The van der Waals surface area contributed by atoms with Crippen LogP contribution in [0, 0.1) is 11.3 Å². The highest BCUT2D eigenvalue weighted by atomic mass is 16.5. The van der Waals surface area contributed by atoms with Crippen molar-refractivity contribution in [3.63, 3.8) is 0 Å². The third kappa shape index (κ3) is 4.46. The molecular weight excluding hydrogens is 236 g/mol. The highest BCUT2D eigenvalue weighted by Crippen LogP contribution is 2.48. The van der Waals surface area contributed by atoms with E-state index < -0.39 is 5.79 Å². The molecule has 1 unspecified atom stereocenters. The Morgan fingerprint density at radius 2 is 1.37 bits per heavy atom. The molecule has 0 aliphatic carbocycles. The molecule has 0 aliphatic rings. The van der Waals surface area contributed by atoms with Gasteiger partial charge in [0.15, 0.2) is 5.79 Å². The minimum atomic E-state index is -1.53. The summed E-state index contributed by atoms with van der Waals surface area (Å²) < 4.78 is 0. The van der Waals surface area contributed by atoms with Crippen LogP contribution >= 0.6 is 0 Å². The maximum Gasteiger partial charge on any atom is 0.168 e. The molecular formula is C17H36O2. The van der Waals surface area contributed by atoms with Crippen LogP contribution < -0.4 is 0 Å². The maximum absolute atomic E-state index is 10.5. The van der Waals surface area contributed by atoms with Crippen LogP contribution in [0.2, 0.25) is 0 Å². The van der Waals surface area contributed by atoms with E-state index in [0.29, 0.717) is 12.3 Å². The molecule has 2 heteroatoms. The Kier molecular flexibility index (Phi) is 8.93. The predicted octanol–water partition coefficient (Wildman–Crippen LogP) is 4.88. The molecule has 0 saturated heterocycles. The van der Waals surface area contributed by atoms with Gasteiger partial charge in [-0.15, -0.1) is 0 Å². The topological polar surface area (TPSA) is 40.5 Å². The summed E-state index contributed by atoms with van der Waals surface area (Å²) in [5, 5.41) is 21.0. The lowest BCUT2D eigenvalue weighted by molar-refractivity contribution is -0.266. The first-order valence-electron chi connectivity index (χ1n) is 8.40. The summed E-state index contributed by atoms with van der Waals surface area (Å²) in [4.78, 5) is 0. The second-order valence-electron chi connectivity index (χ2n) is 5.99. The summed E-state index contributed by atoms with van der Waals surface area (Å²) in [7, 11) is 0. The van der Waals surface area contributed by atoms with Gasteiger partial charge in [0.25, 0.3) is 0 Å². The van der Waals surface area contributed by atoms with Crippen LogP contribution in [0.4, 0.5) is 0 Å². The highest BCUT2D eigenvalue weighted by Gasteiger charge is 2.49. The van der Waals surface area contributed by atoms with Crippen molar-refractivity contribution in [3.8, 4) is 0 Å². The summed E-state index contributed by atoms with van der Waals surface area (Å²) in [6.07, 6.45) is 9.30. The first kappa shape index (κ1) is 18.9. The highest BCUT2D eigenvalue weighted by molar-refractivity contribution is 4.94. The number of hydrogen-bond donors (Lipinski definition) is 2. The van der Waals surface area contributed by atoms with E-state index in [1.54, 1.807) is 0 Å². The fraction of sp³-hybridized carbons (Fsp3) is 1.00. The normalized spacial score (nSPS) is 14.7. The summed E-state index contributed by atoms with van der Waals surface area (Å²) in [6, 6.07) is 0. The SMILES string of the molecule is CCCCCCC(CC)C(CC)(CC)C(O)(O)CC. The fourth-order valence-electron chi connectivity index (χ4n) is 3.76. The van der Waals surface area contributed by atoms with Crippen molar-refractivity contribution in [2.75, 3.05) is 0 Å². The van der Waals surface area contributed by atoms with Crippen LogP contribution in [0.1, 0.15) is 92.4 Å². The zero-order valence-corrected chi connectivity index (χ0v) is 13.8. The van der Waals surface area contributed by atoms with Crippen LogP contribution in [0.3, 0.4) is 0 Å². The van der Waals surface area contributed by atoms with E-state index >= 15 is 0 Å². The molecule has 0 rings (SSSR count). The van der Waals surface area contributed by atoms with E-state index in [0.717, 1.165) is 25.7 Å². The van der Waals surface area contributed by atoms with Crippen molar-refractivity contribution in [2.24, 2.45) is 11.3 Å². The zero-order chi connectivity index (χ0) is 14.9. The first-order chi connectivity index (χ1) is 8.95. The van der Waals surface area contributed by atoms with Gasteiger partial charge in [0, 0.05) is 5.41 Å². The first-order valence-corrected chi connectivity index (χ1v) is 8.40. The van der Waals surface area contributed by atoms with Gasteiger partial charge >= 0.3 is 0 Å². The molecule has 0 spiro atoms.